The molecule has 19 heavy (non-hydrogen) atoms. The van der Waals surface area contributed by atoms with Gasteiger partial charge in [-0.15, -0.1) is 0 Å². The first-order chi connectivity index (χ1) is 9.15. The van der Waals surface area contributed by atoms with E-state index in [-0.39, 0.29) is 18.9 Å². The predicted molar refractivity (Wildman–Crippen MR) is 74.2 cm³/mol. The maximum atomic E-state index is 11.6. The van der Waals surface area contributed by atoms with E-state index in [9.17, 15) is 4.79 Å². The quantitative estimate of drug-likeness (QED) is 0.814. The molecule has 0 saturated carbocycles. The molecule has 0 bridgehead atoms. The molecule has 1 aromatic heterocycles. The first-order valence-corrected chi connectivity index (χ1v) is 6.50. The lowest BCUT2D eigenvalue weighted by molar-refractivity contribution is -0.116. The molecule has 7 heteroatoms. The topological polar surface area (TPSA) is 90.1 Å². The molecule has 6 nitrogen and oxygen atoms in total. The zero-order valence-electron chi connectivity index (χ0n) is 10.4. The number of para-hydroxylation sites is 2. The minimum Gasteiger partial charge on any atom is -0.491 e. The third kappa shape index (κ3) is 3.92. The van der Waals surface area contributed by atoms with Gasteiger partial charge in [-0.25, -0.2) is 4.98 Å². The first-order valence-electron chi connectivity index (χ1n) is 5.72. The molecule has 100 valence electrons. The van der Waals surface area contributed by atoms with Crippen LogP contribution >= 0.6 is 11.5 Å². The highest BCUT2D eigenvalue weighted by Gasteiger charge is 2.07. The summed E-state index contributed by atoms with van der Waals surface area (Å²) in [5.74, 6) is 1.07. The van der Waals surface area contributed by atoms with Crippen molar-refractivity contribution in [3.05, 3.63) is 30.1 Å². The number of carbonyl (C=O) groups is 1. The summed E-state index contributed by atoms with van der Waals surface area (Å²) < 4.78 is 9.41. The normalized spacial score (nSPS) is 10.2. The van der Waals surface area contributed by atoms with Gasteiger partial charge in [-0.2, -0.15) is 4.37 Å². The Kier molecular flexibility index (Phi) is 4.30. The monoisotopic (exact) mass is 278 g/mol. The minimum atomic E-state index is -0.161. The number of anilines is 2. The minimum absolute atomic E-state index is 0.161. The smallest absolute Gasteiger partial charge is 0.229 e. The third-order valence-electron chi connectivity index (χ3n) is 2.28. The average molecular weight is 278 g/mol. The van der Waals surface area contributed by atoms with Crippen molar-refractivity contribution in [2.24, 2.45) is 0 Å². The molecule has 0 spiro atoms. The Morgan fingerprint density at radius 3 is 2.95 bits per heavy atom. The molecule has 2 rings (SSSR count). The summed E-state index contributed by atoms with van der Waals surface area (Å²) in [6, 6.07) is 7.17. The van der Waals surface area contributed by atoms with Gasteiger partial charge in [0.05, 0.1) is 18.7 Å². The van der Waals surface area contributed by atoms with Crippen molar-refractivity contribution in [1.82, 2.24) is 9.36 Å². The van der Waals surface area contributed by atoms with Crippen LogP contribution in [0.15, 0.2) is 24.3 Å². The highest BCUT2D eigenvalue weighted by molar-refractivity contribution is 7.09. The van der Waals surface area contributed by atoms with Crippen molar-refractivity contribution >= 4 is 28.3 Å². The van der Waals surface area contributed by atoms with E-state index in [1.807, 2.05) is 12.1 Å². The fourth-order valence-electron chi connectivity index (χ4n) is 1.40. The molecule has 2 aromatic rings. The number of benzene rings is 1. The van der Waals surface area contributed by atoms with Gasteiger partial charge in [-0.05, 0) is 19.1 Å². The number of nitrogens with zero attached hydrogens (tertiary/aromatic N) is 2. The number of ether oxygens (including phenoxy) is 1. The zero-order chi connectivity index (χ0) is 13.7. The van der Waals surface area contributed by atoms with Crippen LogP contribution in [0.3, 0.4) is 0 Å². The first kappa shape index (κ1) is 13.3. The van der Waals surface area contributed by atoms with E-state index in [1.54, 1.807) is 19.1 Å². The molecule has 0 atom stereocenters. The maximum Gasteiger partial charge on any atom is 0.229 e. The number of hydrogen-bond donors (Lipinski definition) is 2. The lowest BCUT2D eigenvalue weighted by atomic mass is 10.3. The van der Waals surface area contributed by atoms with Crippen LogP contribution in [0.5, 0.6) is 5.75 Å². The highest BCUT2D eigenvalue weighted by Crippen LogP contribution is 2.19. The summed E-state index contributed by atoms with van der Waals surface area (Å²) in [6.45, 7) is 2.03. The van der Waals surface area contributed by atoms with Crippen molar-refractivity contribution in [2.75, 3.05) is 17.7 Å². The summed E-state index contributed by atoms with van der Waals surface area (Å²) in [6.07, 6.45) is 0.229. The largest absolute Gasteiger partial charge is 0.491 e. The SMILES string of the molecule is Cc1nsc(NC(=O)CCOc2ccccc2N)n1. The number of amides is 1. The zero-order valence-corrected chi connectivity index (χ0v) is 11.2. The maximum absolute atomic E-state index is 11.6. The van der Waals surface area contributed by atoms with E-state index in [0.29, 0.717) is 22.4 Å². The molecular formula is C12H14N4O2S. The van der Waals surface area contributed by atoms with E-state index >= 15 is 0 Å². The summed E-state index contributed by atoms with van der Waals surface area (Å²) in [7, 11) is 0. The molecule has 1 aromatic carbocycles. The number of nitrogens with two attached hydrogens (primary N) is 1. The van der Waals surface area contributed by atoms with E-state index in [1.165, 1.54) is 0 Å². The van der Waals surface area contributed by atoms with Gasteiger partial charge >= 0.3 is 0 Å². The Bertz CT molecular complexity index is 570. The second kappa shape index (κ2) is 6.14. The van der Waals surface area contributed by atoms with Gasteiger partial charge in [0, 0.05) is 11.5 Å². The molecule has 0 saturated heterocycles. The number of rotatable bonds is 5. The molecule has 0 unspecified atom stereocenters. The van der Waals surface area contributed by atoms with E-state index < -0.39 is 0 Å². The van der Waals surface area contributed by atoms with Crippen molar-refractivity contribution in [3.63, 3.8) is 0 Å². The lowest BCUT2D eigenvalue weighted by Gasteiger charge is -2.07. The number of hydrogen-bond acceptors (Lipinski definition) is 6. The Morgan fingerprint density at radius 2 is 2.26 bits per heavy atom. The summed E-state index contributed by atoms with van der Waals surface area (Å²) >= 11 is 1.16. The van der Waals surface area contributed by atoms with E-state index in [2.05, 4.69) is 14.7 Å². The molecule has 0 aliphatic rings. The van der Waals surface area contributed by atoms with Crippen LogP contribution in [0.4, 0.5) is 10.8 Å². The Labute approximate surface area is 114 Å². The second-order valence-electron chi connectivity index (χ2n) is 3.83. The van der Waals surface area contributed by atoms with Crippen LogP contribution in [-0.2, 0) is 4.79 Å². The lowest BCUT2D eigenvalue weighted by Crippen LogP contribution is -2.15. The number of nitrogen functional groups attached to an aromatic ring is 1. The van der Waals surface area contributed by atoms with Crippen molar-refractivity contribution in [3.8, 4) is 5.75 Å². The van der Waals surface area contributed by atoms with Gasteiger partial charge in [-0.1, -0.05) is 12.1 Å². The van der Waals surface area contributed by atoms with E-state index in [4.69, 9.17) is 10.5 Å². The predicted octanol–water partition coefficient (Wildman–Crippen LogP) is 1.84. The fraction of sp³-hybridized carbons (Fsp3) is 0.250. The molecule has 1 heterocycles. The van der Waals surface area contributed by atoms with Gasteiger partial charge in [0.25, 0.3) is 0 Å². The van der Waals surface area contributed by atoms with Gasteiger partial charge in [0.1, 0.15) is 11.6 Å². The van der Waals surface area contributed by atoms with Crippen LogP contribution < -0.4 is 15.8 Å². The Morgan fingerprint density at radius 1 is 1.47 bits per heavy atom. The van der Waals surface area contributed by atoms with Gasteiger partial charge in [-0.3, -0.25) is 4.79 Å². The molecule has 3 N–H and O–H groups in total. The molecular weight excluding hydrogens is 264 g/mol. The Hall–Kier alpha value is -2.15. The van der Waals surface area contributed by atoms with Gasteiger partial charge < -0.3 is 15.8 Å². The molecule has 1 amide bonds. The average Bonchev–Trinajstić information content (AvgIpc) is 2.77. The number of aryl methyl sites for hydroxylation is 1. The summed E-state index contributed by atoms with van der Waals surface area (Å²) in [4.78, 5) is 15.7. The molecule has 0 aliphatic carbocycles. The second-order valence-corrected chi connectivity index (χ2v) is 4.58. The van der Waals surface area contributed by atoms with Crippen molar-refractivity contribution in [2.45, 2.75) is 13.3 Å². The third-order valence-corrected chi connectivity index (χ3v) is 3.00. The van der Waals surface area contributed by atoms with Crippen LogP contribution in [0, 0.1) is 6.92 Å². The molecule has 0 aliphatic heterocycles. The van der Waals surface area contributed by atoms with Crippen LogP contribution in [-0.4, -0.2) is 21.9 Å². The standard InChI is InChI=1S/C12H14N4O2S/c1-8-14-12(19-16-8)15-11(17)6-7-18-10-5-3-2-4-9(10)13/h2-5H,6-7,13H2,1H3,(H,14,15,16,17). The van der Waals surface area contributed by atoms with Gasteiger partial charge in [0.15, 0.2) is 0 Å². The summed E-state index contributed by atoms with van der Waals surface area (Å²) in [5, 5.41) is 3.16. The van der Waals surface area contributed by atoms with Crippen molar-refractivity contribution in [1.29, 1.82) is 0 Å². The number of carbonyl (C=O) groups excluding carboxylic acids is 1. The molecule has 0 radical (unpaired) electrons. The number of nitrogens with one attached hydrogen (secondary N) is 1. The Balaban J connectivity index is 1.77. The van der Waals surface area contributed by atoms with Crippen LogP contribution in [0.2, 0.25) is 0 Å². The van der Waals surface area contributed by atoms with Crippen molar-refractivity contribution < 1.29 is 9.53 Å². The highest BCUT2D eigenvalue weighted by atomic mass is 32.1. The molecule has 0 fully saturated rings. The van der Waals surface area contributed by atoms with Crippen LogP contribution in [0.1, 0.15) is 12.2 Å². The van der Waals surface area contributed by atoms with Gasteiger partial charge in [0.2, 0.25) is 11.0 Å². The fourth-order valence-corrected chi connectivity index (χ4v) is 1.99. The summed E-state index contributed by atoms with van der Waals surface area (Å²) in [5.41, 5.74) is 6.28. The number of aromatic nitrogens is 2. The van der Waals surface area contributed by atoms with E-state index in [0.717, 1.165) is 11.5 Å². The van der Waals surface area contributed by atoms with Crippen LogP contribution in [0.25, 0.3) is 0 Å².